The van der Waals surface area contributed by atoms with E-state index in [1.54, 1.807) is 6.33 Å². The molecule has 0 atom stereocenters. The fourth-order valence-corrected chi connectivity index (χ4v) is 2.23. The summed E-state index contributed by atoms with van der Waals surface area (Å²) < 4.78 is 7.23. The number of nitrogens with zero attached hydrogens (tertiary/aromatic N) is 6. The number of aromatic nitrogens is 6. The molecular formula is C11H8N6O. The maximum absolute atomic E-state index is 5.75. The molecule has 0 bridgehead atoms. The molecule has 7 nitrogen and oxygen atoms in total. The van der Waals surface area contributed by atoms with Crippen molar-refractivity contribution in [2.75, 3.05) is 0 Å². The van der Waals surface area contributed by atoms with Crippen LogP contribution in [0.25, 0.3) is 27.8 Å². The van der Waals surface area contributed by atoms with E-state index in [-0.39, 0.29) is 0 Å². The van der Waals surface area contributed by atoms with Crippen LogP contribution >= 0.6 is 0 Å². The van der Waals surface area contributed by atoms with Crippen molar-refractivity contribution in [3.63, 3.8) is 0 Å². The molecule has 88 valence electrons. The number of furan rings is 1. The molecule has 4 aromatic heterocycles. The second-order valence-electron chi connectivity index (χ2n) is 4.23. The van der Waals surface area contributed by atoms with Crippen molar-refractivity contribution in [3.8, 4) is 0 Å². The summed E-state index contributed by atoms with van der Waals surface area (Å²) in [6.45, 7) is 3.95. The number of hydrogen-bond donors (Lipinski definition) is 0. The minimum Gasteiger partial charge on any atom is -0.432 e. The normalized spacial score (nSPS) is 11.9. The van der Waals surface area contributed by atoms with Crippen LogP contribution in [0.4, 0.5) is 0 Å². The molecule has 0 aliphatic heterocycles. The van der Waals surface area contributed by atoms with Crippen LogP contribution in [0.5, 0.6) is 0 Å². The van der Waals surface area contributed by atoms with Crippen LogP contribution in [0.15, 0.2) is 16.8 Å². The van der Waals surface area contributed by atoms with E-state index in [1.165, 1.54) is 4.52 Å². The van der Waals surface area contributed by atoms with Gasteiger partial charge in [0.25, 0.3) is 0 Å². The van der Waals surface area contributed by atoms with Crippen molar-refractivity contribution in [2.24, 2.45) is 0 Å². The molecule has 0 fully saturated rings. The summed E-state index contributed by atoms with van der Waals surface area (Å²) in [5, 5.41) is 12.2. The third-order valence-corrected chi connectivity index (χ3v) is 2.95. The Bertz CT molecular complexity index is 906. The summed E-state index contributed by atoms with van der Waals surface area (Å²) in [4.78, 5) is 8.73. The van der Waals surface area contributed by atoms with Crippen molar-refractivity contribution in [1.82, 2.24) is 30.0 Å². The first-order chi connectivity index (χ1) is 8.74. The van der Waals surface area contributed by atoms with E-state index in [0.717, 1.165) is 22.2 Å². The lowest BCUT2D eigenvalue weighted by atomic mass is 10.1. The minimum absolute atomic E-state index is 0.551. The molecule has 0 saturated heterocycles. The molecule has 0 aromatic carbocycles. The molecule has 4 rings (SSSR count). The highest BCUT2D eigenvalue weighted by molar-refractivity contribution is 6.06. The van der Waals surface area contributed by atoms with Crippen molar-refractivity contribution < 1.29 is 4.42 Å². The van der Waals surface area contributed by atoms with Crippen LogP contribution < -0.4 is 0 Å². The van der Waals surface area contributed by atoms with Crippen LogP contribution in [0.2, 0.25) is 0 Å². The zero-order chi connectivity index (χ0) is 12.3. The quantitative estimate of drug-likeness (QED) is 0.462. The molecule has 0 amide bonds. The third-order valence-electron chi connectivity index (χ3n) is 2.95. The van der Waals surface area contributed by atoms with Gasteiger partial charge in [0.15, 0.2) is 0 Å². The Morgan fingerprint density at radius 3 is 3.06 bits per heavy atom. The Morgan fingerprint density at radius 1 is 1.28 bits per heavy atom. The Labute approximate surface area is 100 Å². The van der Waals surface area contributed by atoms with E-state index < -0.39 is 0 Å². The predicted molar refractivity (Wildman–Crippen MR) is 63.1 cm³/mol. The number of fused-ring (bicyclic) bond motifs is 5. The lowest BCUT2D eigenvalue weighted by Gasteiger charge is -1.96. The smallest absolute Gasteiger partial charge is 0.229 e. The summed E-state index contributed by atoms with van der Waals surface area (Å²) in [5.74, 6) is 0. The predicted octanol–water partition coefficient (Wildman–Crippen LogP) is 1.43. The average molecular weight is 240 g/mol. The molecular weight excluding hydrogens is 232 g/mol. The number of tetrazole rings is 1. The van der Waals surface area contributed by atoms with Gasteiger partial charge < -0.3 is 4.42 Å². The molecule has 0 saturated carbocycles. The number of rotatable bonds is 0. The van der Waals surface area contributed by atoms with Crippen LogP contribution in [0, 0.1) is 13.8 Å². The largest absolute Gasteiger partial charge is 0.432 e. The molecule has 0 aliphatic carbocycles. The van der Waals surface area contributed by atoms with Gasteiger partial charge in [0, 0.05) is 5.69 Å². The van der Waals surface area contributed by atoms with Gasteiger partial charge in [0.05, 0.1) is 5.39 Å². The Balaban J connectivity index is 2.33. The second-order valence-corrected chi connectivity index (χ2v) is 4.23. The third kappa shape index (κ3) is 1.05. The molecule has 0 aliphatic rings. The Morgan fingerprint density at radius 2 is 2.17 bits per heavy atom. The summed E-state index contributed by atoms with van der Waals surface area (Å²) in [7, 11) is 0. The zero-order valence-corrected chi connectivity index (χ0v) is 9.75. The topological polar surface area (TPSA) is 82.0 Å². The number of hydrogen-bond acceptors (Lipinski definition) is 6. The number of pyridine rings is 1. The highest BCUT2D eigenvalue weighted by Crippen LogP contribution is 2.30. The van der Waals surface area contributed by atoms with Gasteiger partial charge in [-0.1, -0.05) is 0 Å². The standard InChI is InChI=1S/C11H8N6O/c1-5-3-6(2)13-11-7(5)8-9(18-11)10-14-15-16-17(10)4-12-8/h3-4H,1-2H3. The van der Waals surface area contributed by atoms with Crippen molar-refractivity contribution in [1.29, 1.82) is 0 Å². The summed E-state index contributed by atoms with van der Waals surface area (Å²) >= 11 is 0. The molecule has 0 radical (unpaired) electrons. The molecule has 18 heavy (non-hydrogen) atoms. The monoisotopic (exact) mass is 240 g/mol. The molecule has 0 N–H and O–H groups in total. The van der Waals surface area contributed by atoms with E-state index in [2.05, 4.69) is 25.5 Å². The summed E-state index contributed by atoms with van der Waals surface area (Å²) in [6.07, 6.45) is 1.58. The highest BCUT2D eigenvalue weighted by atomic mass is 16.3. The SMILES string of the molecule is Cc1cc(C)c2c(n1)oc1c2ncn2nnnc12. The first-order valence-corrected chi connectivity index (χ1v) is 5.47. The molecule has 0 spiro atoms. The van der Waals surface area contributed by atoms with Crippen LogP contribution in [0.1, 0.15) is 11.3 Å². The second kappa shape index (κ2) is 3.00. The van der Waals surface area contributed by atoms with E-state index in [1.807, 2.05) is 19.9 Å². The molecule has 0 unspecified atom stereocenters. The van der Waals surface area contributed by atoms with E-state index in [9.17, 15) is 0 Å². The zero-order valence-electron chi connectivity index (χ0n) is 9.75. The van der Waals surface area contributed by atoms with E-state index in [0.29, 0.717) is 16.9 Å². The average Bonchev–Trinajstić information content (AvgIpc) is 2.89. The van der Waals surface area contributed by atoms with Gasteiger partial charge >= 0.3 is 0 Å². The minimum atomic E-state index is 0.551. The van der Waals surface area contributed by atoms with Crippen molar-refractivity contribution in [3.05, 3.63) is 23.7 Å². The van der Waals surface area contributed by atoms with E-state index >= 15 is 0 Å². The van der Waals surface area contributed by atoms with Crippen molar-refractivity contribution >= 4 is 27.8 Å². The summed E-state index contributed by atoms with van der Waals surface area (Å²) in [6, 6.07) is 2.01. The molecule has 4 aromatic rings. The maximum Gasteiger partial charge on any atom is 0.229 e. The first kappa shape index (κ1) is 9.46. The van der Waals surface area contributed by atoms with E-state index in [4.69, 9.17) is 4.42 Å². The summed E-state index contributed by atoms with van der Waals surface area (Å²) in [5.41, 5.74) is 4.44. The first-order valence-electron chi connectivity index (χ1n) is 5.47. The van der Waals surface area contributed by atoms with Crippen LogP contribution in [-0.2, 0) is 0 Å². The van der Waals surface area contributed by atoms with Crippen LogP contribution in [0.3, 0.4) is 0 Å². The highest BCUT2D eigenvalue weighted by Gasteiger charge is 2.16. The van der Waals surface area contributed by atoms with Crippen LogP contribution in [-0.4, -0.2) is 30.0 Å². The fraction of sp³-hybridized carbons (Fsp3) is 0.182. The van der Waals surface area contributed by atoms with Gasteiger partial charge in [-0.2, -0.15) is 4.52 Å². The van der Waals surface area contributed by atoms with Gasteiger partial charge in [0.1, 0.15) is 11.8 Å². The van der Waals surface area contributed by atoms with Crippen molar-refractivity contribution in [2.45, 2.75) is 13.8 Å². The maximum atomic E-state index is 5.75. The lowest BCUT2D eigenvalue weighted by Crippen LogP contribution is -1.90. The van der Waals surface area contributed by atoms with Gasteiger partial charge in [-0.3, -0.25) is 0 Å². The Hall–Kier alpha value is -2.57. The Kier molecular flexibility index (Phi) is 1.58. The molecule has 7 heteroatoms. The van der Waals surface area contributed by atoms with Gasteiger partial charge in [-0.15, -0.1) is 5.10 Å². The van der Waals surface area contributed by atoms with Gasteiger partial charge in [0.2, 0.25) is 16.9 Å². The van der Waals surface area contributed by atoms with Gasteiger partial charge in [-0.25, -0.2) is 9.97 Å². The fourth-order valence-electron chi connectivity index (χ4n) is 2.23. The molecule has 4 heterocycles. The lowest BCUT2D eigenvalue weighted by molar-refractivity contribution is 0.651. The van der Waals surface area contributed by atoms with Gasteiger partial charge in [-0.05, 0) is 35.9 Å². The number of aryl methyl sites for hydroxylation is 2.